The van der Waals surface area contributed by atoms with Gasteiger partial charge in [0.25, 0.3) is 0 Å². The van der Waals surface area contributed by atoms with Crippen molar-refractivity contribution >= 4 is 10.9 Å². The fourth-order valence-corrected chi connectivity index (χ4v) is 1.87. The van der Waals surface area contributed by atoms with Crippen molar-refractivity contribution in [1.29, 1.82) is 0 Å². The molecule has 3 rings (SSSR count). The number of nitrogens with one attached hydrogen (secondary N) is 1. The second-order valence-corrected chi connectivity index (χ2v) is 4.21. The van der Waals surface area contributed by atoms with Crippen molar-refractivity contribution in [1.82, 2.24) is 4.98 Å². The molecule has 1 aromatic heterocycles. The van der Waals surface area contributed by atoms with Crippen LogP contribution in [0.3, 0.4) is 0 Å². The zero-order valence-corrected chi connectivity index (χ0v) is 10.1. The van der Waals surface area contributed by atoms with E-state index in [-0.39, 0.29) is 0 Å². The van der Waals surface area contributed by atoms with Crippen LogP contribution in [0.5, 0.6) is 0 Å². The molecular weight excluding hydrogens is 206 g/mol. The van der Waals surface area contributed by atoms with Crippen LogP contribution in [0.1, 0.15) is 25.7 Å². The van der Waals surface area contributed by atoms with E-state index in [1.807, 2.05) is 18.3 Å². The zero-order chi connectivity index (χ0) is 11.8. The minimum absolute atomic E-state index is 1.21. The van der Waals surface area contributed by atoms with E-state index in [9.17, 15) is 0 Å². The third-order valence-electron chi connectivity index (χ3n) is 2.84. The molecule has 1 aliphatic rings. The van der Waals surface area contributed by atoms with E-state index in [4.69, 9.17) is 0 Å². The Morgan fingerprint density at radius 3 is 2.24 bits per heavy atom. The lowest BCUT2D eigenvalue weighted by atomic mass is 10.1. The first kappa shape index (κ1) is 11.7. The van der Waals surface area contributed by atoms with Crippen LogP contribution in [0.25, 0.3) is 10.9 Å². The van der Waals surface area contributed by atoms with Crippen LogP contribution in [0.2, 0.25) is 0 Å². The van der Waals surface area contributed by atoms with Gasteiger partial charge in [0, 0.05) is 11.7 Å². The van der Waals surface area contributed by atoms with Crippen molar-refractivity contribution in [2.24, 2.45) is 0 Å². The van der Waals surface area contributed by atoms with Crippen molar-refractivity contribution in [2.75, 3.05) is 0 Å². The number of hydrogen-bond acceptors (Lipinski definition) is 0. The Labute approximate surface area is 103 Å². The summed E-state index contributed by atoms with van der Waals surface area (Å²) in [5.74, 6) is 0. The highest BCUT2D eigenvalue weighted by atomic mass is 14.6. The van der Waals surface area contributed by atoms with E-state index < -0.39 is 0 Å². The molecule has 0 bridgehead atoms. The molecule has 0 saturated heterocycles. The number of benzene rings is 1. The predicted molar refractivity (Wildman–Crippen MR) is 75.0 cm³/mol. The molecule has 0 aliphatic heterocycles. The molecule has 1 N–H and O–H groups in total. The number of aromatic amines is 1. The summed E-state index contributed by atoms with van der Waals surface area (Å²) < 4.78 is 0. The number of rotatable bonds is 0. The Morgan fingerprint density at radius 2 is 1.53 bits per heavy atom. The van der Waals surface area contributed by atoms with Crippen LogP contribution in [-0.2, 0) is 0 Å². The first-order chi connectivity index (χ1) is 8.47. The predicted octanol–water partition coefficient (Wildman–Crippen LogP) is 4.84. The van der Waals surface area contributed by atoms with Crippen molar-refractivity contribution in [3.8, 4) is 0 Å². The van der Waals surface area contributed by atoms with Gasteiger partial charge < -0.3 is 4.98 Å². The Kier molecular flexibility index (Phi) is 4.65. The summed E-state index contributed by atoms with van der Waals surface area (Å²) in [6.45, 7) is 0. The minimum Gasteiger partial charge on any atom is -0.361 e. The molecule has 0 amide bonds. The van der Waals surface area contributed by atoms with Gasteiger partial charge in [-0.25, -0.2) is 0 Å². The van der Waals surface area contributed by atoms with Crippen LogP contribution < -0.4 is 0 Å². The van der Waals surface area contributed by atoms with Crippen molar-refractivity contribution in [3.63, 3.8) is 0 Å². The van der Waals surface area contributed by atoms with E-state index in [0.29, 0.717) is 0 Å². The van der Waals surface area contributed by atoms with Gasteiger partial charge in [-0.05, 0) is 43.2 Å². The van der Waals surface area contributed by atoms with Gasteiger partial charge in [-0.2, -0.15) is 0 Å². The first-order valence-corrected chi connectivity index (χ1v) is 6.30. The third kappa shape index (κ3) is 3.95. The normalized spacial score (nSPS) is 14.8. The summed E-state index contributed by atoms with van der Waals surface area (Å²) in [5.41, 5.74) is 1.21. The molecular formula is C16H19N. The van der Waals surface area contributed by atoms with Crippen molar-refractivity contribution < 1.29 is 0 Å². The summed E-state index contributed by atoms with van der Waals surface area (Å²) in [4.78, 5) is 3.12. The molecule has 0 unspecified atom stereocenters. The van der Waals surface area contributed by atoms with E-state index in [1.165, 1.54) is 36.6 Å². The van der Waals surface area contributed by atoms with Crippen LogP contribution in [0.4, 0.5) is 0 Å². The number of para-hydroxylation sites is 1. The monoisotopic (exact) mass is 225 g/mol. The topological polar surface area (TPSA) is 15.8 Å². The van der Waals surface area contributed by atoms with E-state index in [0.717, 1.165) is 0 Å². The van der Waals surface area contributed by atoms with E-state index in [1.54, 1.807) is 0 Å². The molecule has 1 nitrogen and oxygen atoms in total. The Hall–Kier alpha value is -1.76. The smallest absolute Gasteiger partial charge is 0.0453 e. The van der Waals surface area contributed by atoms with Gasteiger partial charge in [0.1, 0.15) is 0 Å². The maximum Gasteiger partial charge on any atom is 0.0453 e. The van der Waals surface area contributed by atoms with Gasteiger partial charge >= 0.3 is 0 Å². The van der Waals surface area contributed by atoms with E-state index >= 15 is 0 Å². The largest absolute Gasteiger partial charge is 0.361 e. The van der Waals surface area contributed by atoms with Gasteiger partial charge in [-0.1, -0.05) is 42.5 Å². The molecule has 2 aromatic rings. The molecule has 1 heteroatoms. The second-order valence-electron chi connectivity index (χ2n) is 4.21. The highest BCUT2D eigenvalue weighted by Crippen LogP contribution is 2.09. The molecule has 88 valence electrons. The van der Waals surface area contributed by atoms with Gasteiger partial charge in [0.2, 0.25) is 0 Å². The fourth-order valence-electron chi connectivity index (χ4n) is 1.87. The SMILES string of the molecule is C1=CCCCCC=C1.c1ccc2[nH]ccc2c1. The molecule has 1 heterocycles. The third-order valence-corrected chi connectivity index (χ3v) is 2.84. The molecule has 0 spiro atoms. The fraction of sp³-hybridized carbons (Fsp3) is 0.250. The highest BCUT2D eigenvalue weighted by molar-refractivity contribution is 5.78. The summed E-state index contributed by atoms with van der Waals surface area (Å²) in [6.07, 6.45) is 15.9. The maximum atomic E-state index is 3.12. The zero-order valence-electron chi connectivity index (χ0n) is 10.1. The molecule has 0 fully saturated rings. The lowest BCUT2D eigenvalue weighted by Gasteiger charge is -1.94. The van der Waals surface area contributed by atoms with E-state index in [2.05, 4.69) is 47.5 Å². The summed E-state index contributed by atoms with van der Waals surface area (Å²) >= 11 is 0. The lowest BCUT2D eigenvalue weighted by molar-refractivity contribution is 0.758. The average Bonchev–Trinajstić information content (AvgIpc) is 2.76. The Balaban J connectivity index is 0.000000128. The Bertz CT molecular complexity index is 447. The number of hydrogen-bond donors (Lipinski definition) is 1. The Morgan fingerprint density at radius 1 is 0.824 bits per heavy atom. The van der Waals surface area contributed by atoms with Crippen LogP contribution in [0, 0.1) is 0 Å². The van der Waals surface area contributed by atoms with Crippen molar-refractivity contribution in [3.05, 3.63) is 60.8 Å². The molecule has 0 atom stereocenters. The highest BCUT2D eigenvalue weighted by Gasteiger charge is 1.86. The van der Waals surface area contributed by atoms with Crippen molar-refractivity contribution in [2.45, 2.75) is 25.7 Å². The van der Waals surface area contributed by atoms with Crippen LogP contribution >= 0.6 is 0 Å². The summed E-state index contributed by atoms with van der Waals surface area (Å²) in [6, 6.07) is 10.3. The molecule has 17 heavy (non-hydrogen) atoms. The molecule has 1 aromatic carbocycles. The number of H-pyrrole nitrogens is 1. The maximum absolute atomic E-state index is 3.12. The van der Waals surface area contributed by atoms with Crippen LogP contribution in [0.15, 0.2) is 60.8 Å². The second kappa shape index (κ2) is 6.74. The molecule has 0 radical (unpaired) electrons. The quantitative estimate of drug-likeness (QED) is 0.660. The summed E-state index contributed by atoms with van der Waals surface area (Å²) in [5, 5.41) is 1.28. The summed E-state index contributed by atoms with van der Waals surface area (Å²) in [7, 11) is 0. The minimum atomic E-state index is 1.21. The number of allylic oxidation sites excluding steroid dienone is 4. The van der Waals surface area contributed by atoms with Gasteiger partial charge in [-0.3, -0.25) is 0 Å². The van der Waals surface area contributed by atoms with Gasteiger partial charge in [0.05, 0.1) is 0 Å². The number of fused-ring (bicyclic) bond motifs is 1. The standard InChI is InChI=1S/C8H7N.C8H12/c1-2-4-8-7(3-1)5-6-9-8;1-2-4-6-8-7-5-3-1/h1-6,9H;1-4H,5-8H2. The van der Waals surface area contributed by atoms with Gasteiger partial charge in [-0.15, -0.1) is 0 Å². The molecule has 0 saturated carbocycles. The number of aromatic nitrogens is 1. The van der Waals surface area contributed by atoms with Crippen LogP contribution in [-0.4, -0.2) is 4.98 Å². The first-order valence-electron chi connectivity index (χ1n) is 6.30. The lowest BCUT2D eigenvalue weighted by Crippen LogP contribution is -1.74. The molecule has 1 aliphatic carbocycles. The van der Waals surface area contributed by atoms with Gasteiger partial charge in [0.15, 0.2) is 0 Å². The average molecular weight is 225 g/mol.